The van der Waals surface area contributed by atoms with E-state index < -0.39 is 12.3 Å². The molecule has 12 heteroatoms. The molecule has 8 rings (SSSR count). The maximum absolute atomic E-state index is 13.1. The van der Waals surface area contributed by atoms with Gasteiger partial charge in [-0.15, -0.1) is 13.2 Å². The molecule has 4 aliphatic rings. The van der Waals surface area contributed by atoms with Crippen molar-refractivity contribution in [3.8, 4) is 17.0 Å². The van der Waals surface area contributed by atoms with Crippen LogP contribution in [0.3, 0.4) is 0 Å². The number of aromatic carboxylic acids is 1. The van der Waals surface area contributed by atoms with Crippen LogP contribution >= 0.6 is 0 Å². The molecular weight excluding hydrogens is 553 g/mol. The molecule has 218 valence electrons. The molecule has 1 aromatic carbocycles. The van der Waals surface area contributed by atoms with Crippen molar-refractivity contribution in [2.24, 2.45) is 5.92 Å². The average Bonchev–Trinajstić information content (AvgIpc) is 3.81. The van der Waals surface area contributed by atoms with Crippen LogP contribution in [0.2, 0.25) is 0 Å². The minimum atomic E-state index is -4.83. The van der Waals surface area contributed by atoms with Gasteiger partial charge in [0.1, 0.15) is 23.0 Å². The molecule has 3 saturated carbocycles. The van der Waals surface area contributed by atoms with Crippen LogP contribution < -0.4 is 9.64 Å². The Bertz CT molecular complexity index is 1710. The van der Waals surface area contributed by atoms with Crippen LogP contribution in [0.4, 0.5) is 19.0 Å². The van der Waals surface area contributed by atoms with Crippen molar-refractivity contribution in [2.75, 3.05) is 4.90 Å². The Hall–Kier alpha value is -4.06. The molecule has 2 unspecified atom stereocenters. The summed E-state index contributed by atoms with van der Waals surface area (Å²) in [6.07, 6.45) is 2.41. The SMILES string of the molecule is O=C(O)c1cc2ccc(N3C4CC(OCc5c(-c6ccccc6OC(F)(F)F)noc5C5CC5)C[C@@H]5CC[C@@]453)nn2c1. The maximum atomic E-state index is 13.1. The molecule has 3 aliphatic carbocycles. The summed E-state index contributed by atoms with van der Waals surface area (Å²) in [6, 6.07) is 11.7. The number of aromatic nitrogens is 3. The summed E-state index contributed by atoms with van der Waals surface area (Å²) in [5, 5.41) is 18.3. The zero-order chi connectivity index (χ0) is 28.8. The van der Waals surface area contributed by atoms with E-state index in [9.17, 15) is 23.1 Å². The summed E-state index contributed by atoms with van der Waals surface area (Å²) in [6.45, 7) is 0.188. The zero-order valence-corrected chi connectivity index (χ0v) is 22.4. The molecule has 4 atom stereocenters. The number of alkyl halides is 3. The van der Waals surface area contributed by atoms with Crippen LogP contribution in [0.5, 0.6) is 5.75 Å². The van der Waals surface area contributed by atoms with Crippen LogP contribution in [-0.2, 0) is 11.3 Å². The van der Waals surface area contributed by atoms with E-state index in [4.69, 9.17) is 14.4 Å². The zero-order valence-electron chi connectivity index (χ0n) is 22.4. The molecule has 9 nitrogen and oxygen atoms in total. The van der Waals surface area contributed by atoms with Crippen molar-refractivity contribution in [1.82, 2.24) is 14.8 Å². The van der Waals surface area contributed by atoms with Crippen molar-refractivity contribution in [2.45, 2.75) is 75.1 Å². The van der Waals surface area contributed by atoms with Crippen LogP contribution in [0, 0.1) is 5.92 Å². The number of halogens is 3. The lowest BCUT2D eigenvalue weighted by Gasteiger charge is -2.42. The fraction of sp³-hybridized carbons (Fsp3) is 0.433. The minimum absolute atomic E-state index is 0.0381. The van der Waals surface area contributed by atoms with Gasteiger partial charge in [0.15, 0.2) is 0 Å². The average molecular weight is 581 g/mol. The van der Waals surface area contributed by atoms with E-state index in [2.05, 4.69) is 14.8 Å². The van der Waals surface area contributed by atoms with Crippen LogP contribution in [0.25, 0.3) is 16.8 Å². The van der Waals surface area contributed by atoms with Gasteiger partial charge in [-0.1, -0.05) is 17.3 Å². The molecule has 0 bridgehead atoms. The Morgan fingerprint density at radius 1 is 1.14 bits per heavy atom. The highest BCUT2D eigenvalue weighted by Crippen LogP contribution is 2.66. The van der Waals surface area contributed by atoms with Crippen molar-refractivity contribution < 1.29 is 37.1 Å². The van der Waals surface area contributed by atoms with Gasteiger partial charge in [-0.2, -0.15) is 5.10 Å². The lowest BCUT2D eigenvalue weighted by atomic mass is 9.64. The summed E-state index contributed by atoms with van der Waals surface area (Å²) in [4.78, 5) is 13.8. The molecule has 4 aromatic rings. The fourth-order valence-corrected chi connectivity index (χ4v) is 7.26. The molecule has 4 fully saturated rings. The first-order chi connectivity index (χ1) is 20.2. The molecule has 1 aliphatic heterocycles. The first-order valence-electron chi connectivity index (χ1n) is 14.2. The monoisotopic (exact) mass is 580 g/mol. The lowest BCUT2D eigenvalue weighted by Crippen LogP contribution is -2.46. The molecular formula is C30H27F3N4O5. The first-order valence-corrected chi connectivity index (χ1v) is 14.2. The molecule has 3 aromatic heterocycles. The predicted molar refractivity (Wildman–Crippen MR) is 142 cm³/mol. The van der Waals surface area contributed by atoms with Gasteiger partial charge in [-0.25, -0.2) is 9.31 Å². The number of hydrogen-bond acceptors (Lipinski definition) is 7. The largest absolute Gasteiger partial charge is 0.573 e. The summed E-state index contributed by atoms with van der Waals surface area (Å²) < 4.78 is 57.5. The number of carboxylic acid groups (broad SMARTS) is 1. The first kappa shape index (κ1) is 25.6. The summed E-state index contributed by atoms with van der Waals surface area (Å²) in [5.41, 5.74) is 2.21. The van der Waals surface area contributed by atoms with E-state index in [1.165, 1.54) is 18.3 Å². The third kappa shape index (κ3) is 4.06. The molecule has 1 N–H and O–H groups in total. The number of nitrogens with zero attached hydrogens (tertiary/aromatic N) is 4. The minimum Gasteiger partial charge on any atom is -0.478 e. The Balaban J connectivity index is 1.03. The van der Waals surface area contributed by atoms with Crippen LogP contribution in [0.1, 0.15) is 66.1 Å². The van der Waals surface area contributed by atoms with Crippen molar-refractivity contribution in [3.05, 3.63) is 65.5 Å². The third-order valence-corrected chi connectivity index (χ3v) is 9.44. The molecule has 0 radical (unpaired) electrons. The molecule has 4 heterocycles. The second kappa shape index (κ2) is 8.97. The summed E-state index contributed by atoms with van der Waals surface area (Å²) in [7, 11) is 0. The van der Waals surface area contributed by atoms with Gasteiger partial charge in [-0.3, -0.25) is 0 Å². The molecule has 42 heavy (non-hydrogen) atoms. The number of fused-ring (bicyclic) bond motifs is 1. The van der Waals surface area contributed by atoms with Gasteiger partial charge in [0.25, 0.3) is 0 Å². The number of ether oxygens (including phenoxy) is 2. The van der Waals surface area contributed by atoms with Crippen molar-refractivity contribution in [1.29, 1.82) is 0 Å². The van der Waals surface area contributed by atoms with Gasteiger partial charge < -0.3 is 24.0 Å². The predicted octanol–water partition coefficient (Wildman–Crippen LogP) is 6.18. The van der Waals surface area contributed by atoms with E-state index in [0.717, 1.165) is 49.9 Å². The Morgan fingerprint density at radius 2 is 1.98 bits per heavy atom. The Kier molecular flexibility index (Phi) is 5.47. The van der Waals surface area contributed by atoms with E-state index in [1.54, 1.807) is 22.7 Å². The number of benzene rings is 1. The highest BCUT2D eigenvalue weighted by molar-refractivity contribution is 5.89. The quantitative estimate of drug-likeness (QED) is 0.247. The summed E-state index contributed by atoms with van der Waals surface area (Å²) in [5.74, 6) is 0.833. The Morgan fingerprint density at radius 3 is 2.71 bits per heavy atom. The van der Waals surface area contributed by atoms with E-state index in [1.807, 2.05) is 12.1 Å². The van der Waals surface area contributed by atoms with Gasteiger partial charge in [0.2, 0.25) is 0 Å². The van der Waals surface area contributed by atoms with Crippen molar-refractivity contribution >= 4 is 17.3 Å². The number of para-hydroxylation sites is 1. The number of hydrogen-bond donors (Lipinski definition) is 1. The molecule has 0 amide bonds. The smallest absolute Gasteiger partial charge is 0.478 e. The van der Waals surface area contributed by atoms with E-state index in [0.29, 0.717) is 22.9 Å². The highest BCUT2D eigenvalue weighted by Gasteiger charge is 2.73. The number of anilines is 1. The Labute approximate surface area is 237 Å². The number of rotatable bonds is 8. The van der Waals surface area contributed by atoms with Crippen molar-refractivity contribution in [3.63, 3.8) is 0 Å². The standard InChI is InChI=1S/C30H27F3N4O5/c31-30(32,33)41-23-4-2-1-3-21(23)26-22(27(42-35-26)16-5-6-16)15-40-20-12-18-9-10-29(18)24(13-20)37(29)25-8-7-19-11-17(28(38)39)14-36(19)34-25/h1-4,7-8,11,14,16,18,20,24H,5-6,9-10,12-13,15H2,(H,38,39)/t18-,20?,24?,29-,37?/m0/s1. The third-order valence-electron chi connectivity index (χ3n) is 9.44. The maximum Gasteiger partial charge on any atom is 0.573 e. The van der Waals surface area contributed by atoms with E-state index >= 15 is 0 Å². The van der Waals surface area contributed by atoms with Gasteiger partial charge >= 0.3 is 12.3 Å². The van der Waals surface area contributed by atoms with Crippen LogP contribution in [-0.4, -0.2) is 49.9 Å². The second-order valence-corrected chi connectivity index (χ2v) is 11.8. The second-order valence-electron chi connectivity index (χ2n) is 11.8. The van der Waals surface area contributed by atoms with Crippen LogP contribution in [0.15, 0.2) is 53.2 Å². The normalized spacial score (nSPS) is 26.5. The number of carbonyl (C=O) groups is 1. The van der Waals surface area contributed by atoms with E-state index in [-0.39, 0.29) is 47.1 Å². The highest BCUT2D eigenvalue weighted by atomic mass is 19.4. The topological polar surface area (TPSA) is 102 Å². The van der Waals surface area contributed by atoms with Gasteiger partial charge in [-0.05, 0) is 74.8 Å². The summed E-state index contributed by atoms with van der Waals surface area (Å²) >= 11 is 0. The van der Waals surface area contributed by atoms with Gasteiger partial charge in [0.05, 0.1) is 35.4 Å². The lowest BCUT2D eigenvalue weighted by molar-refractivity contribution is -0.274. The molecule has 1 saturated heterocycles. The molecule has 1 spiro atoms. The fourth-order valence-electron chi connectivity index (χ4n) is 7.26. The van der Waals surface area contributed by atoms with Gasteiger partial charge in [0, 0.05) is 23.2 Å². The number of carboxylic acids is 1.